The van der Waals surface area contributed by atoms with Crippen LogP contribution in [0.3, 0.4) is 0 Å². The highest BCUT2D eigenvalue weighted by Crippen LogP contribution is 2.41. The van der Waals surface area contributed by atoms with Gasteiger partial charge in [0.05, 0.1) is 4.61 Å². The maximum Gasteiger partial charge on any atom is 0.103 e. The highest BCUT2D eigenvalue weighted by Gasteiger charge is 2.20. The van der Waals surface area contributed by atoms with Crippen LogP contribution in [0, 0.1) is 0 Å². The predicted molar refractivity (Wildman–Crippen MR) is 61.5 cm³/mol. The molecule has 1 N–H and O–H groups in total. The second-order valence-corrected chi connectivity index (χ2v) is 5.04. The van der Waals surface area contributed by atoms with E-state index in [1.165, 1.54) is 10.5 Å². The molecule has 0 bridgehead atoms. The first-order chi connectivity index (χ1) is 6.27. The van der Waals surface area contributed by atoms with Crippen molar-refractivity contribution in [3.63, 3.8) is 0 Å². The van der Waals surface area contributed by atoms with Gasteiger partial charge in [-0.3, -0.25) is 0 Å². The number of allylic oxidation sites excluding steroid dienone is 1. The molecule has 1 aromatic rings. The lowest BCUT2D eigenvalue weighted by molar-refractivity contribution is 0.852. The number of hydrogen-bond donors (Lipinski definition) is 1. The van der Waals surface area contributed by atoms with E-state index in [0.29, 0.717) is 5.37 Å². The molecule has 13 heavy (non-hydrogen) atoms. The molecule has 0 saturated heterocycles. The van der Waals surface area contributed by atoms with Crippen molar-refractivity contribution in [1.29, 1.82) is 0 Å². The molecule has 2 rings (SSSR count). The molecule has 0 aromatic heterocycles. The van der Waals surface area contributed by atoms with Gasteiger partial charge in [0.1, 0.15) is 5.37 Å². The van der Waals surface area contributed by atoms with Gasteiger partial charge >= 0.3 is 0 Å². The molecule has 1 atom stereocenters. The van der Waals surface area contributed by atoms with E-state index < -0.39 is 0 Å². The first kappa shape index (κ1) is 9.16. The first-order valence-corrected chi connectivity index (χ1v) is 5.79. The van der Waals surface area contributed by atoms with Crippen LogP contribution in [-0.4, -0.2) is 0 Å². The number of benzene rings is 1. The van der Waals surface area contributed by atoms with Gasteiger partial charge in [0.2, 0.25) is 0 Å². The second kappa shape index (κ2) is 3.76. The van der Waals surface area contributed by atoms with Crippen molar-refractivity contribution in [3.05, 3.63) is 45.4 Å². The number of nitrogens with one attached hydrogen (secondary N) is 1. The van der Waals surface area contributed by atoms with Gasteiger partial charge in [-0.25, -0.2) is 0 Å². The normalized spacial score (nSPS) is 21.8. The minimum absolute atomic E-state index is 0.371. The van der Waals surface area contributed by atoms with Crippen molar-refractivity contribution < 1.29 is 0 Å². The smallest absolute Gasteiger partial charge is 0.103 e. The summed E-state index contributed by atoms with van der Waals surface area (Å²) < 4.78 is 1.12. The maximum absolute atomic E-state index is 3.49. The second-order valence-electron chi connectivity index (χ2n) is 2.92. The summed E-state index contributed by atoms with van der Waals surface area (Å²) in [5.74, 6) is 0. The average Bonchev–Trinajstić information content (AvgIpc) is 2.49. The Balaban J connectivity index is 2.16. The Morgan fingerprint density at radius 1 is 1.31 bits per heavy atom. The molecule has 0 spiro atoms. The Bertz CT molecular complexity index is 320. The summed E-state index contributed by atoms with van der Waals surface area (Å²) in [5, 5.41) is 3.75. The van der Waals surface area contributed by atoms with Crippen LogP contribution >= 0.6 is 27.7 Å². The maximum atomic E-state index is 3.49. The van der Waals surface area contributed by atoms with E-state index in [9.17, 15) is 0 Å². The quantitative estimate of drug-likeness (QED) is 0.770. The Labute approximate surface area is 90.7 Å². The number of thioether (sulfide) groups is 1. The van der Waals surface area contributed by atoms with Crippen LogP contribution in [0.25, 0.3) is 0 Å². The summed E-state index contributed by atoms with van der Waals surface area (Å²) in [6, 6.07) is 10.5. The fourth-order valence-corrected chi connectivity index (χ4v) is 2.90. The van der Waals surface area contributed by atoms with E-state index in [4.69, 9.17) is 0 Å². The molecule has 1 nitrogen and oxygen atoms in total. The van der Waals surface area contributed by atoms with Crippen molar-refractivity contribution >= 4 is 27.7 Å². The third-order valence-electron chi connectivity index (χ3n) is 1.96. The monoisotopic (exact) mass is 255 g/mol. The van der Waals surface area contributed by atoms with Crippen molar-refractivity contribution in [1.82, 2.24) is 5.32 Å². The summed E-state index contributed by atoms with van der Waals surface area (Å²) in [5.41, 5.74) is 1.32. The minimum atomic E-state index is 0.371. The molecule has 1 aliphatic rings. The van der Waals surface area contributed by atoms with Gasteiger partial charge in [-0.1, -0.05) is 42.1 Å². The third kappa shape index (κ3) is 1.92. The lowest BCUT2D eigenvalue weighted by Crippen LogP contribution is -2.09. The van der Waals surface area contributed by atoms with E-state index >= 15 is 0 Å². The molecular formula is C10H10BrNS. The van der Waals surface area contributed by atoms with Gasteiger partial charge in [0, 0.05) is 4.91 Å². The Kier molecular flexibility index (Phi) is 2.65. The van der Waals surface area contributed by atoms with Crippen molar-refractivity contribution in [2.75, 3.05) is 0 Å². The van der Waals surface area contributed by atoms with Gasteiger partial charge in [-0.05, 0) is 28.4 Å². The molecule has 1 unspecified atom stereocenters. The van der Waals surface area contributed by atoms with Crippen molar-refractivity contribution in [2.45, 2.75) is 12.3 Å². The Morgan fingerprint density at radius 3 is 2.54 bits per heavy atom. The Hall–Kier alpha value is -0.410. The summed E-state index contributed by atoms with van der Waals surface area (Å²) in [7, 11) is 0. The van der Waals surface area contributed by atoms with E-state index in [1.807, 2.05) is 17.8 Å². The average molecular weight is 256 g/mol. The zero-order valence-corrected chi connectivity index (χ0v) is 9.65. The fraction of sp³-hybridized carbons (Fsp3) is 0.200. The molecule has 0 radical (unpaired) electrons. The molecule has 1 heterocycles. The van der Waals surface area contributed by atoms with E-state index in [-0.39, 0.29) is 0 Å². The molecule has 1 aliphatic heterocycles. The molecule has 0 amide bonds. The molecule has 0 aliphatic carbocycles. The molecule has 3 heteroatoms. The van der Waals surface area contributed by atoms with Gasteiger partial charge < -0.3 is 5.32 Å². The standard InChI is InChI=1S/C10H10BrNS/c1-7-9(11)12-10(13-7)8-5-3-2-4-6-8/h2-6,10,12H,1H3. The largest absolute Gasteiger partial charge is 0.363 e. The van der Waals surface area contributed by atoms with Crippen molar-refractivity contribution in [2.24, 2.45) is 0 Å². The molecule has 0 saturated carbocycles. The van der Waals surface area contributed by atoms with E-state index in [2.05, 4.69) is 52.4 Å². The highest BCUT2D eigenvalue weighted by atomic mass is 79.9. The van der Waals surface area contributed by atoms with E-state index in [0.717, 1.165) is 4.61 Å². The Morgan fingerprint density at radius 2 is 2.00 bits per heavy atom. The predicted octanol–water partition coefficient (Wildman–Crippen LogP) is 3.61. The van der Waals surface area contributed by atoms with Crippen LogP contribution in [0.5, 0.6) is 0 Å². The van der Waals surface area contributed by atoms with Crippen LogP contribution in [0.2, 0.25) is 0 Å². The van der Waals surface area contributed by atoms with Crippen LogP contribution in [0.4, 0.5) is 0 Å². The number of rotatable bonds is 1. The summed E-state index contributed by atoms with van der Waals surface area (Å²) in [4.78, 5) is 1.31. The van der Waals surface area contributed by atoms with Gasteiger partial charge in [0.25, 0.3) is 0 Å². The molecular weight excluding hydrogens is 246 g/mol. The molecule has 0 fully saturated rings. The molecule has 1 aromatic carbocycles. The van der Waals surface area contributed by atoms with Gasteiger partial charge in [-0.2, -0.15) is 0 Å². The topological polar surface area (TPSA) is 12.0 Å². The first-order valence-electron chi connectivity index (χ1n) is 4.12. The van der Waals surface area contributed by atoms with Crippen molar-refractivity contribution in [3.8, 4) is 0 Å². The van der Waals surface area contributed by atoms with E-state index in [1.54, 1.807) is 0 Å². The van der Waals surface area contributed by atoms with Gasteiger partial charge in [-0.15, -0.1) is 0 Å². The minimum Gasteiger partial charge on any atom is -0.363 e. The summed E-state index contributed by atoms with van der Waals surface area (Å²) >= 11 is 5.34. The number of hydrogen-bond acceptors (Lipinski definition) is 2. The van der Waals surface area contributed by atoms with Crippen LogP contribution in [0.1, 0.15) is 17.9 Å². The SMILES string of the molecule is CC1=C(Br)NC(c2ccccc2)S1. The number of halogens is 1. The summed E-state index contributed by atoms with van der Waals surface area (Å²) in [6.45, 7) is 2.12. The highest BCUT2D eigenvalue weighted by molar-refractivity contribution is 9.11. The summed E-state index contributed by atoms with van der Waals surface area (Å²) in [6.07, 6.45) is 0. The fourth-order valence-electron chi connectivity index (χ4n) is 1.25. The zero-order chi connectivity index (χ0) is 9.26. The lowest BCUT2D eigenvalue weighted by Gasteiger charge is -2.10. The van der Waals surface area contributed by atoms with Crippen LogP contribution < -0.4 is 5.32 Å². The third-order valence-corrected chi connectivity index (χ3v) is 4.23. The van der Waals surface area contributed by atoms with Crippen LogP contribution in [0.15, 0.2) is 39.8 Å². The molecule has 68 valence electrons. The van der Waals surface area contributed by atoms with Gasteiger partial charge in [0.15, 0.2) is 0 Å². The van der Waals surface area contributed by atoms with Crippen LogP contribution in [-0.2, 0) is 0 Å². The zero-order valence-electron chi connectivity index (χ0n) is 7.25. The lowest BCUT2D eigenvalue weighted by atomic mass is 10.2.